The molecule has 2 aliphatic rings. The van der Waals surface area contributed by atoms with Crippen LogP contribution in [0, 0.1) is 0 Å². The Kier molecular flexibility index (Phi) is 8.34. The van der Waals surface area contributed by atoms with Gasteiger partial charge in [0.05, 0.1) is 10.0 Å². The topological polar surface area (TPSA) is 32.8 Å². The molecule has 7 heteroatoms. The van der Waals surface area contributed by atoms with E-state index in [1.165, 1.54) is 32.1 Å². The van der Waals surface area contributed by atoms with Crippen molar-refractivity contribution in [1.82, 2.24) is 9.80 Å². The molecule has 1 heterocycles. The first-order valence-electron chi connectivity index (χ1n) is 9.14. The zero-order chi connectivity index (χ0) is 17.8. The average Bonchev–Trinajstić information content (AvgIpc) is 3.15. The number of rotatable bonds is 5. The van der Waals surface area contributed by atoms with Gasteiger partial charge >= 0.3 is 0 Å². The highest BCUT2D eigenvalue weighted by atomic mass is 35.5. The van der Waals surface area contributed by atoms with Gasteiger partial charge in [0.1, 0.15) is 0 Å². The summed E-state index contributed by atoms with van der Waals surface area (Å²) in [7, 11) is 1.90. The van der Waals surface area contributed by atoms with Crippen molar-refractivity contribution >= 4 is 41.5 Å². The highest BCUT2D eigenvalue weighted by Gasteiger charge is 2.35. The summed E-state index contributed by atoms with van der Waals surface area (Å²) < 4.78 is 5.63. The molecule has 2 fully saturated rings. The van der Waals surface area contributed by atoms with E-state index in [1.54, 1.807) is 18.2 Å². The number of ether oxygens (including phenoxy) is 1. The van der Waals surface area contributed by atoms with Gasteiger partial charge in [0, 0.05) is 19.1 Å². The second-order valence-electron chi connectivity index (χ2n) is 7.01. The smallest absolute Gasteiger partial charge is 0.260 e. The summed E-state index contributed by atoms with van der Waals surface area (Å²) in [4.78, 5) is 17.1. The molecular weight excluding hydrogens is 395 g/mol. The number of para-hydroxylation sites is 1. The third kappa shape index (κ3) is 4.98. The summed E-state index contributed by atoms with van der Waals surface area (Å²) in [5.41, 5.74) is 0. The number of hydrogen-bond donors (Lipinski definition) is 0. The molecule has 1 aliphatic heterocycles. The van der Waals surface area contributed by atoms with Crippen LogP contribution in [0.4, 0.5) is 0 Å². The molecule has 26 heavy (non-hydrogen) atoms. The SMILES string of the molecule is CN(C(=O)COc1c(Cl)cccc1Cl)[C@@H]1CCCC[C@H]1N1CCCC1.Cl. The van der Waals surface area contributed by atoms with E-state index in [9.17, 15) is 4.79 Å². The zero-order valence-corrected chi connectivity index (χ0v) is 17.5. The Hall–Kier alpha value is -0.680. The van der Waals surface area contributed by atoms with E-state index in [0.29, 0.717) is 21.8 Å². The van der Waals surface area contributed by atoms with Gasteiger partial charge in [-0.1, -0.05) is 42.1 Å². The maximum Gasteiger partial charge on any atom is 0.260 e. The van der Waals surface area contributed by atoms with Crippen molar-refractivity contribution in [3.8, 4) is 5.75 Å². The summed E-state index contributed by atoms with van der Waals surface area (Å²) in [6.07, 6.45) is 7.23. The van der Waals surface area contributed by atoms with E-state index in [-0.39, 0.29) is 31.0 Å². The predicted molar refractivity (Wildman–Crippen MR) is 109 cm³/mol. The van der Waals surface area contributed by atoms with Crippen LogP contribution in [0.2, 0.25) is 10.0 Å². The second-order valence-corrected chi connectivity index (χ2v) is 7.82. The minimum atomic E-state index is -0.0385. The van der Waals surface area contributed by atoms with Crippen LogP contribution >= 0.6 is 35.6 Å². The van der Waals surface area contributed by atoms with Gasteiger partial charge in [-0.3, -0.25) is 9.69 Å². The van der Waals surface area contributed by atoms with Crippen molar-refractivity contribution in [3.05, 3.63) is 28.2 Å². The molecule has 1 aromatic carbocycles. The van der Waals surface area contributed by atoms with Crippen LogP contribution in [0.5, 0.6) is 5.75 Å². The van der Waals surface area contributed by atoms with Crippen LogP contribution in [0.15, 0.2) is 18.2 Å². The number of carbonyl (C=O) groups is 1. The van der Waals surface area contributed by atoms with Gasteiger partial charge < -0.3 is 9.64 Å². The molecule has 1 amide bonds. The largest absolute Gasteiger partial charge is 0.481 e. The van der Waals surface area contributed by atoms with Gasteiger partial charge in [0.2, 0.25) is 0 Å². The fourth-order valence-electron chi connectivity index (χ4n) is 4.08. The first-order valence-corrected chi connectivity index (χ1v) is 9.90. The van der Waals surface area contributed by atoms with Gasteiger partial charge in [-0.25, -0.2) is 0 Å². The first kappa shape index (κ1) is 21.6. The molecule has 146 valence electrons. The van der Waals surface area contributed by atoms with Crippen molar-refractivity contribution in [2.75, 3.05) is 26.7 Å². The van der Waals surface area contributed by atoms with Gasteiger partial charge in [0.25, 0.3) is 5.91 Å². The van der Waals surface area contributed by atoms with Gasteiger partial charge in [-0.15, -0.1) is 12.4 Å². The van der Waals surface area contributed by atoms with E-state index in [1.807, 2.05) is 11.9 Å². The molecule has 0 radical (unpaired) electrons. The van der Waals surface area contributed by atoms with Crippen molar-refractivity contribution in [3.63, 3.8) is 0 Å². The molecule has 0 N–H and O–H groups in total. The molecule has 1 aromatic rings. The lowest BCUT2D eigenvalue weighted by Gasteiger charge is -2.42. The molecule has 0 aromatic heterocycles. The lowest BCUT2D eigenvalue weighted by atomic mass is 9.88. The quantitative estimate of drug-likeness (QED) is 0.693. The molecule has 1 saturated carbocycles. The van der Waals surface area contributed by atoms with Crippen LogP contribution in [0.25, 0.3) is 0 Å². The summed E-state index contributed by atoms with van der Waals surface area (Å²) in [6, 6.07) is 5.93. The maximum atomic E-state index is 12.7. The third-order valence-electron chi connectivity index (χ3n) is 5.45. The summed E-state index contributed by atoms with van der Waals surface area (Å²) in [5.74, 6) is 0.361. The number of amides is 1. The fraction of sp³-hybridized carbons (Fsp3) is 0.632. The number of likely N-dealkylation sites (tertiary alicyclic amines) is 1. The Morgan fingerprint density at radius 3 is 2.42 bits per heavy atom. The lowest BCUT2D eigenvalue weighted by Crippen LogP contribution is -2.54. The lowest BCUT2D eigenvalue weighted by molar-refractivity contribution is -0.136. The highest BCUT2D eigenvalue weighted by Crippen LogP contribution is 2.33. The molecule has 4 nitrogen and oxygen atoms in total. The Morgan fingerprint density at radius 1 is 1.15 bits per heavy atom. The minimum absolute atomic E-state index is 0. The van der Waals surface area contributed by atoms with E-state index >= 15 is 0 Å². The van der Waals surface area contributed by atoms with Gasteiger partial charge in [-0.05, 0) is 50.9 Å². The Bertz CT molecular complexity index is 588. The zero-order valence-electron chi connectivity index (χ0n) is 15.1. The summed E-state index contributed by atoms with van der Waals surface area (Å²) in [6.45, 7) is 2.28. The van der Waals surface area contributed by atoms with E-state index in [2.05, 4.69) is 4.90 Å². The van der Waals surface area contributed by atoms with E-state index < -0.39 is 0 Å². The number of carbonyl (C=O) groups excluding carboxylic acids is 1. The highest BCUT2D eigenvalue weighted by molar-refractivity contribution is 6.37. The van der Waals surface area contributed by atoms with Crippen molar-refractivity contribution in [1.29, 1.82) is 0 Å². The monoisotopic (exact) mass is 420 g/mol. The van der Waals surface area contributed by atoms with Gasteiger partial charge in [0.15, 0.2) is 12.4 Å². The van der Waals surface area contributed by atoms with Crippen LogP contribution in [0.1, 0.15) is 38.5 Å². The predicted octanol–water partition coefficient (Wildman–Crippen LogP) is 4.66. The van der Waals surface area contributed by atoms with E-state index in [0.717, 1.165) is 19.5 Å². The summed E-state index contributed by atoms with van der Waals surface area (Å²) >= 11 is 12.2. The minimum Gasteiger partial charge on any atom is -0.481 e. The standard InChI is InChI=1S/C19H26Cl2N2O2.ClH/c1-22(16-9-2-3-10-17(16)23-11-4-5-12-23)18(24)13-25-19-14(20)7-6-8-15(19)21;/h6-8,16-17H,2-5,9-13H2,1H3;1H/t16-,17-;/m1./s1. The number of hydrogen-bond acceptors (Lipinski definition) is 3. The number of benzene rings is 1. The summed E-state index contributed by atoms with van der Waals surface area (Å²) in [5, 5.41) is 0.853. The maximum absolute atomic E-state index is 12.7. The Morgan fingerprint density at radius 2 is 1.77 bits per heavy atom. The average molecular weight is 422 g/mol. The van der Waals surface area contributed by atoms with Crippen molar-refractivity contribution in [2.24, 2.45) is 0 Å². The van der Waals surface area contributed by atoms with Crippen LogP contribution in [0.3, 0.4) is 0 Å². The third-order valence-corrected chi connectivity index (χ3v) is 6.05. The number of likely N-dealkylation sites (N-methyl/N-ethyl adjacent to an activating group) is 1. The molecule has 1 saturated heterocycles. The molecular formula is C19H27Cl3N2O2. The van der Waals surface area contributed by atoms with Gasteiger partial charge in [-0.2, -0.15) is 0 Å². The van der Waals surface area contributed by atoms with Crippen LogP contribution in [-0.4, -0.2) is 54.5 Å². The molecule has 0 unspecified atom stereocenters. The van der Waals surface area contributed by atoms with E-state index in [4.69, 9.17) is 27.9 Å². The molecule has 0 bridgehead atoms. The Labute approximate surface area is 172 Å². The molecule has 2 atom stereocenters. The second kappa shape index (κ2) is 10.0. The molecule has 0 spiro atoms. The number of nitrogens with zero attached hydrogens (tertiary/aromatic N) is 2. The van der Waals surface area contributed by atoms with Crippen LogP contribution in [-0.2, 0) is 4.79 Å². The number of halogens is 3. The van der Waals surface area contributed by atoms with Crippen molar-refractivity contribution < 1.29 is 9.53 Å². The van der Waals surface area contributed by atoms with Crippen molar-refractivity contribution in [2.45, 2.75) is 50.6 Å². The van der Waals surface area contributed by atoms with Crippen LogP contribution < -0.4 is 4.74 Å². The fourth-order valence-corrected chi connectivity index (χ4v) is 4.59. The molecule has 1 aliphatic carbocycles. The molecule has 3 rings (SSSR count). The normalized spacial score (nSPS) is 23.3. The Balaban J connectivity index is 0.00000243. The first-order chi connectivity index (χ1) is 12.1.